The second-order valence-corrected chi connectivity index (χ2v) is 9.12. The number of likely N-dealkylation sites (tertiary alicyclic amines) is 1. The number of benzene rings is 1. The average molecular weight is 389 g/mol. The minimum atomic E-state index is -0.648. The quantitative estimate of drug-likeness (QED) is 0.753. The average Bonchev–Trinajstić information content (AvgIpc) is 3.05. The van der Waals surface area contributed by atoms with E-state index in [0.29, 0.717) is 13.0 Å². The Morgan fingerprint density at radius 3 is 2.39 bits per heavy atom. The van der Waals surface area contributed by atoms with E-state index in [-0.39, 0.29) is 29.7 Å². The maximum absolute atomic E-state index is 12.9. The molecule has 156 valence electrons. The third-order valence-electron chi connectivity index (χ3n) is 5.84. The van der Waals surface area contributed by atoms with Gasteiger partial charge in [0, 0.05) is 25.4 Å². The van der Waals surface area contributed by atoms with E-state index in [1.165, 1.54) is 18.4 Å². The van der Waals surface area contributed by atoms with E-state index in [9.17, 15) is 14.7 Å². The zero-order valence-corrected chi connectivity index (χ0v) is 18.0. The first-order valence-corrected chi connectivity index (χ1v) is 10.5. The molecular formula is C23H36N2O3. The van der Waals surface area contributed by atoms with Crippen LogP contribution in [0.2, 0.25) is 0 Å². The minimum absolute atomic E-state index is 0.0653. The number of rotatable bonds is 7. The predicted molar refractivity (Wildman–Crippen MR) is 112 cm³/mol. The Balaban J connectivity index is 1.97. The number of hydrogen-bond acceptors (Lipinski definition) is 3. The first kappa shape index (κ1) is 22.4. The van der Waals surface area contributed by atoms with Crippen molar-refractivity contribution in [3.8, 4) is 0 Å². The van der Waals surface area contributed by atoms with E-state index in [1.54, 1.807) is 4.90 Å². The summed E-state index contributed by atoms with van der Waals surface area (Å²) in [5, 5.41) is 13.0. The molecule has 0 unspecified atom stereocenters. The molecule has 0 bridgehead atoms. The van der Waals surface area contributed by atoms with Gasteiger partial charge in [0.1, 0.15) is 6.04 Å². The van der Waals surface area contributed by atoms with Crippen LogP contribution in [0.4, 0.5) is 0 Å². The monoisotopic (exact) mass is 388 g/mol. The van der Waals surface area contributed by atoms with Gasteiger partial charge in [0.25, 0.3) is 0 Å². The number of hydrogen-bond donors (Lipinski definition) is 2. The van der Waals surface area contributed by atoms with Crippen molar-refractivity contribution in [2.75, 3.05) is 6.54 Å². The molecule has 1 saturated heterocycles. The van der Waals surface area contributed by atoms with Gasteiger partial charge >= 0.3 is 0 Å². The molecule has 0 radical (unpaired) electrons. The fourth-order valence-corrected chi connectivity index (χ4v) is 3.44. The number of aliphatic hydroxyl groups excluding tert-OH is 1. The van der Waals surface area contributed by atoms with Gasteiger partial charge in [0.2, 0.25) is 11.8 Å². The third kappa shape index (κ3) is 5.81. The second-order valence-electron chi connectivity index (χ2n) is 9.12. The lowest BCUT2D eigenvalue weighted by atomic mass is 9.81. The molecule has 0 saturated carbocycles. The maximum Gasteiger partial charge on any atom is 0.243 e. The number of amides is 2. The van der Waals surface area contributed by atoms with Crippen LogP contribution in [0.25, 0.3) is 0 Å². The highest BCUT2D eigenvalue weighted by Crippen LogP contribution is 2.30. The van der Waals surface area contributed by atoms with E-state index in [4.69, 9.17) is 0 Å². The van der Waals surface area contributed by atoms with E-state index >= 15 is 0 Å². The molecule has 5 nitrogen and oxygen atoms in total. The van der Waals surface area contributed by atoms with Crippen LogP contribution in [-0.2, 0) is 22.6 Å². The number of nitrogens with zero attached hydrogens (tertiary/aromatic N) is 1. The Hall–Kier alpha value is -1.88. The van der Waals surface area contributed by atoms with Crippen LogP contribution in [0.5, 0.6) is 0 Å². The standard InChI is InChI=1S/C23H36N2O3/c1-6-7-8-17-9-11-18(12-10-17)14-24-21(27)20-13-19(26)15-25(20)22(28)16(2)23(3,4)5/h9-12,16,19-20,26H,6-8,13-15H2,1-5H3,(H,24,27)/t16-,19-,20+/m1/s1. The van der Waals surface area contributed by atoms with Crippen LogP contribution in [0, 0.1) is 11.3 Å². The van der Waals surface area contributed by atoms with E-state index < -0.39 is 12.1 Å². The smallest absolute Gasteiger partial charge is 0.243 e. The molecule has 1 aromatic rings. The maximum atomic E-state index is 12.9. The third-order valence-corrected chi connectivity index (χ3v) is 5.84. The molecule has 2 rings (SSSR count). The summed E-state index contributed by atoms with van der Waals surface area (Å²) in [6, 6.07) is 7.70. The Morgan fingerprint density at radius 1 is 1.21 bits per heavy atom. The molecule has 0 aromatic heterocycles. The van der Waals surface area contributed by atoms with Gasteiger partial charge in [-0.3, -0.25) is 9.59 Å². The van der Waals surface area contributed by atoms with E-state index in [0.717, 1.165) is 12.0 Å². The Labute approximate surface area is 169 Å². The molecule has 1 aliphatic heterocycles. The van der Waals surface area contributed by atoms with Crippen molar-refractivity contribution >= 4 is 11.8 Å². The summed E-state index contributed by atoms with van der Waals surface area (Å²) in [5.41, 5.74) is 2.16. The molecule has 1 aromatic carbocycles. The van der Waals surface area contributed by atoms with Gasteiger partial charge in [0.05, 0.1) is 6.10 Å². The van der Waals surface area contributed by atoms with Gasteiger partial charge in [-0.15, -0.1) is 0 Å². The van der Waals surface area contributed by atoms with Crippen LogP contribution in [0.15, 0.2) is 24.3 Å². The number of nitrogens with one attached hydrogen (secondary N) is 1. The minimum Gasteiger partial charge on any atom is -0.391 e. The van der Waals surface area contributed by atoms with Gasteiger partial charge in [-0.2, -0.15) is 0 Å². The topological polar surface area (TPSA) is 69.6 Å². The van der Waals surface area contributed by atoms with Crippen molar-refractivity contribution in [1.29, 1.82) is 0 Å². The largest absolute Gasteiger partial charge is 0.391 e. The number of aryl methyl sites for hydroxylation is 1. The van der Waals surface area contributed by atoms with Crippen molar-refractivity contribution in [2.24, 2.45) is 11.3 Å². The molecule has 0 aliphatic carbocycles. The Bertz CT molecular complexity index is 663. The predicted octanol–water partition coefficient (Wildman–Crippen LogP) is 3.29. The highest BCUT2D eigenvalue weighted by atomic mass is 16.3. The zero-order chi connectivity index (χ0) is 20.9. The first-order valence-electron chi connectivity index (χ1n) is 10.5. The summed E-state index contributed by atoms with van der Waals surface area (Å²) in [5.74, 6) is -0.477. The summed E-state index contributed by atoms with van der Waals surface area (Å²) >= 11 is 0. The molecule has 1 aliphatic rings. The molecule has 5 heteroatoms. The SMILES string of the molecule is CCCCc1ccc(CNC(=O)[C@@H]2C[C@@H](O)CN2C(=O)[C@@H](C)C(C)(C)C)cc1. The molecule has 0 spiro atoms. The van der Waals surface area contributed by atoms with Crippen LogP contribution in [-0.4, -0.2) is 40.5 Å². The highest BCUT2D eigenvalue weighted by molar-refractivity contribution is 5.89. The highest BCUT2D eigenvalue weighted by Gasteiger charge is 2.42. The van der Waals surface area contributed by atoms with Crippen molar-refractivity contribution in [2.45, 2.75) is 79.0 Å². The van der Waals surface area contributed by atoms with Crippen LogP contribution in [0.1, 0.15) is 65.0 Å². The zero-order valence-electron chi connectivity index (χ0n) is 18.0. The lowest BCUT2D eigenvalue weighted by molar-refractivity contribution is -0.144. The lowest BCUT2D eigenvalue weighted by Gasteiger charge is -2.32. The summed E-state index contributed by atoms with van der Waals surface area (Å²) in [4.78, 5) is 27.2. The molecule has 1 heterocycles. The fraction of sp³-hybridized carbons (Fsp3) is 0.652. The van der Waals surface area contributed by atoms with Crippen molar-refractivity contribution in [3.05, 3.63) is 35.4 Å². The van der Waals surface area contributed by atoms with Crippen molar-refractivity contribution < 1.29 is 14.7 Å². The summed E-state index contributed by atoms with van der Waals surface area (Å²) in [6.45, 7) is 10.8. The number of carbonyl (C=O) groups is 2. The van der Waals surface area contributed by atoms with Gasteiger partial charge in [0.15, 0.2) is 0 Å². The van der Waals surface area contributed by atoms with Crippen molar-refractivity contribution in [3.63, 3.8) is 0 Å². The molecule has 28 heavy (non-hydrogen) atoms. The molecule has 2 amide bonds. The fourth-order valence-electron chi connectivity index (χ4n) is 3.44. The van der Waals surface area contributed by atoms with E-state index in [2.05, 4.69) is 24.4 Å². The molecule has 1 fully saturated rings. The molecule has 3 atom stereocenters. The van der Waals surface area contributed by atoms with Gasteiger partial charge < -0.3 is 15.3 Å². The van der Waals surface area contributed by atoms with Crippen LogP contribution in [0.3, 0.4) is 0 Å². The summed E-state index contributed by atoms with van der Waals surface area (Å²) < 4.78 is 0. The van der Waals surface area contributed by atoms with Gasteiger partial charge in [-0.25, -0.2) is 0 Å². The normalized spacial score (nSPS) is 20.9. The van der Waals surface area contributed by atoms with Gasteiger partial charge in [-0.05, 0) is 29.4 Å². The molecular weight excluding hydrogens is 352 g/mol. The Kier molecular flexibility index (Phi) is 7.64. The summed E-state index contributed by atoms with van der Waals surface area (Å²) in [7, 11) is 0. The first-order chi connectivity index (χ1) is 13.1. The molecule has 2 N–H and O–H groups in total. The lowest BCUT2D eigenvalue weighted by Crippen LogP contribution is -2.49. The number of β-amino-alcohol motifs (C(OH)–C–C–N with tert-alkyl or cyclic N) is 1. The number of unbranched alkanes of at least 4 members (excludes halogenated alkanes) is 1. The Morgan fingerprint density at radius 2 is 1.82 bits per heavy atom. The van der Waals surface area contributed by atoms with Crippen molar-refractivity contribution in [1.82, 2.24) is 10.2 Å². The summed E-state index contributed by atoms with van der Waals surface area (Å²) in [6.07, 6.45) is 3.08. The van der Waals surface area contributed by atoms with Gasteiger partial charge in [-0.1, -0.05) is 65.3 Å². The number of carbonyl (C=O) groups excluding carboxylic acids is 2. The van der Waals surface area contributed by atoms with Crippen LogP contribution < -0.4 is 5.32 Å². The van der Waals surface area contributed by atoms with E-state index in [1.807, 2.05) is 39.8 Å². The van der Waals surface area contributed by atoms with Crippen LogP contribution >= 0.6 is 0 Å². The number of aliphatic hydroxyl groups is 1. The second kappa shape index (κ2) is 9.55.